The molecule has 30 heavy (non-hydrogen) atoms. The van der Waals surface area contributed by atoms with E-state index in [1.54, 1.807) is 6.07 Å². The van der Waals surface area contributed by atoms with Gasteiger partial charge in [-0.3, -0.25) is 0 Å². The Morgan fingerprint density at radius 3 is 2.47 bits per heavy atom. The highest BCUT2D eigenvalue weighted by atomic mass is 35.5. The minimum atomic E-state index is -4.50. The molecule has 1 aliphatic rings. The van der Waals surface area contributed by atoms with E-state index in [2.05, 4.69) is 15.3 Å². The second kappa shape index (κ2) is 6.98. The van der Waals surface area contributed by atoms with Gasteiger partial charge in [0.1, 0.15) is 5.75 Å². The van der Waals surface area contributed by atoms with E-state index in [0.717, 1.165) is 36.1 Å². The molecule has 5 rings (SSSR count). The average Bonchev–Trinajstić information content (AvgIpc) is 3.52. The van der Waals surface area contributed by atoms with Gasteiger partial charge in [-0.15, -0.1) is 15.3 Å². The van der Waals surface area contributed by atoms with Gasteiger partial charge in [0.2, 0.25) is 11.2 Å². The lowest BCUT2D eigenvalue weighted by molar-refractivity contribution is -0.137. The maximum absolute atomic E-state index is 13.4. The highest BCUT2D eigenvalue weighted by Gasteiger charge is 2.33. The van der Waals surface area contributed by atoms with Gasteiger partial charge in [-0.2, -0.15) is 17.7 Å². The fourth-order valence-electron chi connectivity index (χ4n) is 3.31. The summed E-state index contributed by atoms with van der Waals surface area (Å²) in [6.45, 7) is 0. The van der Waals surface area contributed by atoms with Crippen molar-refractivity contribution in [2.24, 2.45) is 0 Å². The van der Waals surface area contributed by atoms with Crippen molar-refractivity contribution in [1.82, 2.24) is 19.8 Å². The van der Waals surface area contributed by atoms with E-state index in [-0.39, 0.29) is 22.8 Å². The van der Waals surface area contributed by atoms with Crippen LogP contribution >= 0.6 is 11.6 Å². The van der Waals surface area contributed by atoms with E-state index in [9.17, 15) is 13.2 Å². The van der Waals surface area contributed by atoms with Crippen molar-refractivity contribution < 1.29 is 17.9 Å². The second-order valence-corrected chi connectivity index (χ2v) is 7.43. The molecule has 0 unspecified atom stereocenters. The highest BCUT2D eigenvalue weighted by Crippen LogP contribution is 2.46. The smallest absolute Gasteiger partial charge is 0.416 e. The Hall–Kier alpha value is -3.13. The third-order valence-electron chi connectivity index (χ3n) is 4.97. The molecule has 4 aromatic rings. The molecule has 5 nitrogen and oxygen atoms in total. The summed E-state index contributed by atoms with van der Waals surface area (Å²) in [7, 11) is 0. The number of benzene rings is 2. The number of alkyl halides is 3. The van der Waals surface area contributed by atoms with Gasteiger partial charge < -0.3 is 4.74 Å². The van der Waals surface area contributed by atoms with Crippen LogP contribution in [0.3, 0.4) is 0 Å². The first-order valence-electron chi connectivity index (χ1n) is 9.26. The zero-order valence-corrected chi connectivity index (χ0v) is 16.2. The van der Waals surface area contributed by atoms with Gasteiger partial charge in [0, 0.05) is 11.1 Å². The van der Waals surface area contributed by atoms with Crippen LogP contribution in [0.4, 0.5) is 13.2 Å². The first-order chi connectivity index (χ1) is 14.4. The average molecular weight is 431 g/mol. The molecule has 2 heterocycles. The van der Waals surface area contributed by atoms with Crippen molar-refractivity contribution >= 4 is 17.2 Å². The first kappa shape index (κ1) is 18.9. The number of halogens is 4. The standard InChI is InChI=1S/C21H14ClF3N4O/c22-20-27-26-18-11-16(13-6-7-13)19(28-29(18)20)30-17-10-14(21(23,24)25)8-9-15(17)12-4-2-1-3-5-12/h1-5,8-11,13H,6-7H2. The molecule has 1 aliphatic carbocycles. The molecule has 9 heteroatoms. The van der Waals surface area contributed by atoms with Gasteiger partial charge in [-0.1, -0.05) is 36.4 Å². The van der Waals surface area contributed by atoms with Gasteiger partial charge in [0.25, 0.3) is 0 Å². The second-order valence-electron chi connectivity index (χ2n) is 7.09. The minimum Gasteiger partial charge on any atom is -0.437 e. The molecule has 0 radical (unpaired) electrons. The molecule has 0 spiro atoms. The lowest BCUT2D eigenvalue weighted by atomic mass is 10.0. The van der Waals surface area contributed by atoms with Crippen molar-refractivity contribution in [2.45, 2.75) is 24.9 Å². The molecule has 0 saturated heterocycles. The number of fused-ring (bicyclic) bond motifs is 1. The monoisotopic (exact) mass is 430 g/mol. The van der Waals surface area contributed by atoms with Crippen LogP contribution in [0, 0.1) is 0 Å². The number of hydrogen-bond acceptors (Lipinski definition) is 4. The van der Waals surface area contributed by atoms with E-state index in [1.807, 2.05) is 30.3 Å². The van der Waals surface area contributed by atoms with Crippen molar-refractivity contribution in [1.29, 1.82) is 0 Å². The third-order valence-corrected chi connectivity index (χ3v) is 5.20. The van der Waals surface area contributed by atoms with Gasteiger partial charge in [0.15, 0.2) is 5.65 Å². The number of hydrogen-bond donors (Lipinski definition) is 0. The van der Waals surface area contributed by atoms with E-state index >= 15 is 0 Å². The van der Waals surface area contributed by atoms with Crippen LogP contribution in [0.5, 0.6) is 11.6 Å². The summed E-state index contributed by atoms with van der Waals surface area (Å²) in [6.07, 6.45) is -2.60. The topological polar surface area (TPSA) is 52.3 Å². The molecule has 1 saturated carbocycles. The van der Waals surface area contributed by atoms with Crippen LogP contribution < -0.4 is 4.74 Å². The van der Waals surface area contributed by atoms with Gasteiger partial charge in [-0.05, 0) is 54.1 Å². The van der Waals surface area contributed by atoms with Crippen molar-refractivity contribution in [3.05, 3.63) is 71.0 Å². The molecule has 152 valence electrons. The summed E-state index contributed by atoms with van der Waals surface area (Å²) in [5.74, 6) is 0.483. The Labute approximate surface area is 174 Å². The Morgan fingerprint density at radius 2 is 1.77 bits per heavy atom. The van der Waals surface area contributed by atoms with E-state index in [1.165, 1.54) is 10.6 Å². The summed E-state index contributed by atoms with van der Waals surface area (Å²) in [4.78, 5) is 0. The molecule has 2 aromatic heterocycles. The highest BCUT2D eigenvalue weighted by molar-refractivity contribution is 6.28. The van der Waals surface area contributed by atoms with E-state index < -0.39 is 11.7 Å². The molecule has 0 amide bonds. The molecular weight excluding hydrogens is 417 g/mol. The Morgan fingerprint density at radius 1 is 1.00 bits per heavy atom. The van der Waals surface area contributed by atoms with Crippen LogP contribution in [-0.2, 0) is 6.18 Å². The summed E-state index contributed by atoms with van der Waals surface area (Å²) < 4.78 is 47.4. The fraction of sp³-hybridized carbons (Fsp3) is 0.190. The summed E-state index contributed by atoms with van der Waals surface area (Å²) in [6, 6.07) is 14.3. The summed E-state index contributed by atoms with van der Waals surface area (Å²) in [5.41, 5.74) is 1.71. The molecular formula is C21H14ClF3N4O. The molecule has 1 fully saturated rings. The molecule has 2 aromatic carbocycles. The Bertz CT molecular complexity index is 1240. The first-order valence-corrected chi connectivity index (χ1v) is 9.64. The Kier molecular flexibility index (Phi) is 4.39. The van der Waals surface area contributed by atoms with Crippen LogP contribution in [0.25, 0.3) is 16.8 Å². The molecule has 0 bridgehead atoms. The molecule has 0 aliphatic heterocycles. The molecule has 0 atom stereocenters. The molecule has 0 N–H and O–H groups in total. The van der Waals surface area contributed by atoms with Crippen LogP contribution in [0.15, 0.2) is 54.6 Å². The minimum absolute atomic E-state index is 0.0459. The largest absolute Gasteiger partial charge is 0.437 e. The van der Waals surface area contributed by atoms with Crippen LogP contribution in [0.1, 0.15) is 29.9 Å². The van der Waals surface area contributed by atoms with Crippen molar-refractivity contribution in [3.63, 3.8) is 0 Å². The maximum atomic E-state index is 13.4. The van der Waals surface area contributed by atoms with Crippen LogP contribution in [-0.4, -0.2) is 19.8 Å². The van der Waals surface area contributed by atoms with Crippen molar-refractivity contribution in [2.75, 3.05) is 0 Å². The summed E-state index contributed by atoms with van der Waals surface area (Å²) >= 11 is 6.03. The number of rotatable bonds is 4. The zero-order valence-electron chi connectivity index (χ0n) is 15.4. The van der Waals surface area contributed by atoms with E-state index in [0.29, 0.717) is 11.2 Å². The maximum Gasteiger partial charge on any atom is 0.416 e. The van der Waals surface area contributed by atoms with Crippen molar-refractivity contribution in [3.8, 4) is 22.8 Å². The van der Waals surface area contributed by atoms with Gasteiger partial charge >= 0.3 is 6.18 Å². The summed E-state index contributed by atoms with van der Waals surface area (Å²) in [5, 5.41) is 12.2. The zero-order chi connectivity index (χ0) is 20.9. The van der Waals surface area contributed by atoms with Gasteiger partial charge in [0.05, 0.1) is 5.56 Å². The quantitative estimate of drug-likeness (QED) is 0.390. The van der Waals surface area contributed by atoms with E-state index in [4.69, 9.17) is 16.3 Å². The number of nitrogens with zero attached hydrogens (tertiary/aromatic N) is 4. The lowest BCUT2D eigenvalue weighted by Crippen LogP contribution is -2.06. The SMILES string of the molecule is FC(F)(F)c1ccc(-c2ccccc2)c(Oc2nn3c(Cl)nnc3cc2C2CC2)c1. The predicted octanol–water partition coefficient (Wildman–Crippen LogP) is 6.13. The normalized spacial score (nSPS) is 14.3. The fourth-order valence-corrected chi connectivity index (χ4v) is 3.48. The lowest BCUT2D eigenvalue weighted by Gasteiger charge is -2.16. The van der Waals surface area contributed by atoms with Gasteiger partial charge in [-0.25, -0.2) is 0 Å². The number of ether oxygens (including phenoxy) is 1. The number of aromatic nitrogens is 4. The third kappa shape index (κ3) is 3.47. The predicted molar refractivity (Wildman–Crippen MR) is 105 cm³/mol. The Balaban J connectivity index is 1.66. The van der Waals surface area contributed by atoms with Crippen LogP contribution in [0.2, 0.25) is 5.28 Å².